The van der Waals surface area contributed by atoms with Gasteiger partial charge in [-0.15, -0.1) is 33.2 Å². The first-order valence-electron chi connectivity index (χ1n) is 3.82. The average Bonchev–Trinajstić information content (AvgIpc) is 2.42. The Morgan fingerprint density at radius 3 is 2.27 bits per heavy atom. The average molecular weight is 228 g/mol. The number of allylic oxidation sites excluding steroid dienone is 2. The van der Waals surface area contributed by atoms with E-state index in [0.29, 0.717) is 11.5 Å². The van der Waals surface area contributed by atoms with Crippen LogP contribution in [0.15, 0.2) is 11.6 Å². The van der Waals surface area contributed by atoms with Crippen LogP contribution in [0.5, 0.6) is 0 Å². The number of hydrogen-bond donors (Lipinski definition) is 0. The molecule has 0 N–H and O–H groups in total. The van der Waals surface area contributed by atoms with Crippen molar-refractivity contribution in [2.45, 2.75) is 24.8 Å². The third-order valence-electron chi connectivity index (χ3n) is 2.71. The first kappa shape index (κ1) is 8.43. The van der Waals surface area contributed by atoms with E-state index in [4.69, 9.17) is 33.2 Å². The Balaban J connectivity index is 2.15. The van der Waals surface area contributed by atoms with Gasteiger partial charge in [0.05, 0.1) is 0 Å². The SMILES string of the molecule is Cl[Si](Cl)(Cl)C1CC2=CCC1C2. The van der Waals surface area contributed by atoms with Crippen molar-refractivity contribution >= 4 is 39.2 Å². The molecule has 4 heteroatoms. The lowest BCUT2D eigenvalue weighted by atomic mass is 10.1. The summed E-state index contributed by atoms with van der Waals surface area (Å²) >= 11 is 17.9. The number of halogens is 3. The summed E-state index contributed by atoms with van der Waals surface area (Å²) in [6.07, 6.45) is 5.73. The van der Waals surface area contributed by atoms with E-state index in [1.54, 1.807) is 0 Å². The van der Waals surface area contributed by atoms with E-state index in [1.807, 2.05) is 0 Å². The molecule has 0 spiro atoms. The summed E-state index contributed by atoms with van der Waals surface area (Å²) in [5.74, 6) is 0.671. The van der Waals surface area contributed by atoms with Gasteiger partial charge in [-0.1, -0.05) is 11.6 Å². The van der Waals surface area contributed by atoms with Gasteiger partial charge < -0.3 is 0 Å². The normalized spacial score (nSPS) is 36.1. The van der Waals surface area contributed by atoms with Crippen molar-refractivity contribution in [3.63, 3.8) is 0 Å². The van der Waals surface area contributed by atoms with E-state index in [1.165, 1.54) is 12.0 Å². The standard InChI is InChI=1S/C7H9Cl3Si/c8-11(9,10)7-4-5-1-2-6(7)3-5/h1,6-7H,2-4H2. The minimum atomic E-state index is -2.40. The van der Waals surface area contributed by atoms with E-state index < -0.39 is 6.00 Å². The molecule has 2 rings (SSSR count). The van der Waals surface area contributed by atoms with Gasteiger partial charge in [-0.3, -0.25) is 0 Å². The van der Waals surface area contributed by atoms with E-state index in [-0.39, 0.29) is 0 Å². The molecule has 0 aromatic carbocycles. The Morgan fingerprint density at radius 2 is 2.00 bits per heavy atom. The largest absolute Gasteiger partial charge is 0.344 e. The van der Waals surface area contributed by atoms with Crippen LogP contribution < -0.4 is 0 Å². The van der Waals surface area contributed by atoms with Crippen molar-refractivity contribution in [1.29, 1.82) is 0 Å². The van der Waals surface area contributed by atoms with Gasteiger partial charge in [-0.25, -0.2) is 0 Å². The predicted molar refractivity (Wildman–Crippen MR) is 52.5 cm³/mol. The molecule has 0 radical (unpaired) electrons. The first-order valence-corrected chi connectivity index (χ1v) is 8.93. The molecular formula is C7H9Cl3Si. The van der Waals surface area contributed by atoms with E-state index >= 15 is 0 Å². The smallest absolute Gasteiger partial charge is 0.126 e. The highest BCUT2D eigenvalue weighted by Crippen LogP contribution is 2.55. The second-order valence-electron chi connectivity index (χ2n) is 3.41. The fourth-order valence-electron chi connectivity index (χ4n) is 2.13. The van der Waals surface area contributed by atoms with Crippen LogP contribution in [0, 0.1) is 5.92 Å². The highest BCUT2D eigenvalue weighted by Gasteiger charge is 2.47. The van der Waals surface area contributed by atoms with Crippen molar-refractivity contribution in [1.82, 2.24) is 0 Å². The highest BCUT2D eigenvalue weighted by atomic mass is 35.8. The van der Waals surface area contributed by atoms with Gasteiger partial charge in [0.15, 0.2) is 0 Å². The molecule has 1 saturated carbocycles. The van der Waals surface area contributed by atoms with E-state index in [0.717, 1.165) is 12.8 Å². The molecule has 0 aromatic rings. The maximum absolute atomic E-state index is 5.98. The molecule has 0 amide bonds. The number of fused-ring (bicyclic) bond motifs is 2. The summed E-state index contributed by atoms with van der Waals surface area (Å²) in [5, 5.41) is 0. The second kappa shape index (κ2) is 2.66. The van der Waals surface area contributed by atoms with Crippen LogP contribution >= 0.6 is 33.2 Å². The van der Waals surface area contributed by atoms with Crippen LogP contribution in [0.1, 0.15) is 19.3 Å². The van der Waals surface area contributed by atoms with Crippen molar-refractivity contribution in [3.8, 4) is 0 Å². The van der Waals surface area contributed by atoms with Crippen molar-refractivity contribution in [2.75, 3.05) is 0 Å². The Hall–Kier alpha value is 0.827. The van der Waals surface area contributed by atoms with Crippen molar-refractivity contribution in [2.24, 2.45) is 5.92 Å². The number of hydrogen-bond acceptors (Lipinski definition) is 0. The first-order chi connectivity index (χ1) is 5.07. The molecule has 0 nitrogen and oxygen atoms in total. The number of rotatable bonds is 1. The zero-order valence-corrected chi connectivity index (χ0v) is 9.26. The minimum absolute atomic E-state index is 0.410. The second-order valence-corrected chi connectivity index (χ2v) is 12.3. The lowest BCUT2D eigenvalue weighted by Crippen LogP contribution is -2.23. The predicted octanol–water partition coefficient (Wildman–Crippen LogP) is 3.75. The minimum Gasteiger partial charge on any atom is -0.126 e. The lowest BCUT2D eigenvalue weighted by molar-refractivity contribution is 0.570. The third kappa shape index (κ3) is 1.49. The fraction of sp³-hybridized carbons (Fsp3) is 0.714. The zero-order chi connectivity index (χ0) is 8.06. The van der Waals surface area contributed by atoms with Crippen LogP contribution in [0.3, 0.4) is 0 Å². The molecule has 0 aromatic heterocycles. The summed E-state index contributed by atoms with van der Waals surface area (Å²) in [5.41, 5.74) is 1.94. The Labute approximate surface area is 81.6 Å². The van der Waals surface area contributed by atoms with E-state index in [2.05, 4.69) is 6.08 Å². The summed E-state index contributed by atoms with van der Waals surface area (Å²) < 4.78 is 0. The maximum atomic E-state index is 5.98. The topological polar surface area (TPSA) is 0 Å². The van der Waals surface area contributed by atoms with Gasteiger partial charge in [-0.2, -0.15) is 0 Å². The van der Waals surface area contributed by atoms with Crippen LogP contribution in [-0.2, 0) is 0 Å². The van der Waals surface area contributed by atoms with Gasteiger partial charge >= 0.3 is 6.00 Å². The monoisotopic (exact) mass is 226 g/mol. The van der Waals surface area contributed by atoms with E-state index in [9.17, 15) is 0 Å². The van der Waals surface area contributed by atoms with Crippen LogP contribution in [0.25, 0.3) is 0 Å². The van der Waals surface area contributed by atoms with Gasteiger partial charge in [0.1, 0.15) is 0 Å². The summed E-state index contributed by atoms with van der Waals surface area (Å²) in [6, 6.07) is -2.40. The molecule has 1 fully saturated rings. The summed E-state index contributed by atoms with van der Waals surface area (Å²) in [6.45, 7) is 0. The maximum Gasteiger partial charge on any atom is 0.344 e. The molecule has 2 aliphatic carbocycles. The Morgan fingerprint density at radius 1 is 1.27 bits per heavy atom. The molecule has 2 atom stereocenters. The lowest BCUT2D eigenvalue weighted by Gasteiger charge is -2.23. The molecule has 0 saturated heterocycles. The van der Waals surface area contributed by atoms with Crippen LogP contribution in [-0.4, -0.2) is 6.00 Å². The third-order valence-corrected chi connectivity index (χ3v) is 6.74. The molecule has 62 valence electrons. The van der Waals surface area contributed by atoms with Crippen LogP contribution in [0.4, 0.5) is 0 Å². The zero-order valence-electron chi connectivity index (χ0n) is 5.99. The van der Waals surface area contributed by atoms with Crippen molar-refractivity contribution in [3.05, 3.63) is 11.6 Å². The van der Waals surface area contributed by atoms with Gasteiger partial charge in [-0.05, 0) is 25.2 Å². The molecule has 0 heterocycles. The van der Waals surface area contributed by atoms with Crippen molar-refractivity contribution < 1.29 is 0 Å². The fourth-order valence-corrected chi connectivity index (χ4v) is 5.71. The summed E-state index contributed by atoms with van der Waals surface area (Å²) in [7, 11) is 0. The summed E-state index contributed by atoms with van der Waals surface area (Å²) in [4.78, 5) is 0. The Kier molecular flexibility index (Phi) is 2.04. The Bertz CT molecular complexity index is 206. The van der Waals surface area contributed by atoms with Gasteiger partial charge in [0, 0.05) is 5.54 Å². The quantitative estimate of drug-likeness (QED) is 0.364. The van der Waals surface area contributed by atoms with Gasteiger partial charge in [0.2, 0.25) is 0 Å². The molecule has 11 heavy (non-hydrogen) atoms. The highest BCUT2D eigenvalue weighted by molar-refractivity contribution is 7.65. The van der Waals surface area contributed by atoms with Crippen LogP contribution in [0.2, 0.25) is 5.54 Å². The molecule has 2 aliphatic rings. The van der Waals surface area contributed by atoms with Gasteiger partial charge in [0.25, 0.3) is 0 Å². The molecule has 2 bridgehead atoms. The molecular weight excluding hydrogens is 219 g/mol. The molecule has 0 aliphatic heterocycles. The molecule has 2 unspecified atom stereocenters.